The van der Waals surface area contributed by atoms with Gasteiger partial charge in [0, 0.05) is 48.1 Å². The van der Waals surface area contributed by atoms with Crippen LogP contribution in [0.3, 0.4) is 0 Å². The summed E-state index contributed by atoms with van der Waals surface area (Å²) in [5.74, 6) is 3.81. The minimum Gasteiger partial charge on any atom is -0.377 e. The Morgan fingerprint density at radius 3 is 2.70 bits per heavy atom. The highest BCUT2D eigenvalue weighted by Gasteiger charge is 2.18. The monoisotopic (exact) mass is 298 g/mol. The van der Waals surface area contributed by atoms with Crippen molar-refractivity contribution in [3.05, 3.63) is 11.9 Å². The first-order valence-corrected chi connectivity index (χ1v) is 8.42. The Labute approximate surface area is 122 Å². The number of nitrogens with one attached hydrogen (secondary N) is 2. The summed E-state index contributed by atoms with van der Waals surface area (Å²) in [6.45, 7) is 3.23. The van der Waals surface area contributed by atoms with Crippen molar-refractivity contribution in [2.45, 2.75) is 32.4 Å². The van der Waals surface area contributed by atoms with Crippen LogP contribution in [-0.4, -0.2) is 45.4 Å². The van der Waals surface area contributed by atoms with Crippen LogP contribution in [0.1, 0.15) is 25.6 Å². The number of ether oxygens (including phenoxy) is 1. The molecule has 7 heteroatoms. The van der Waals surface area contributed by atoms with Gasteiger partial charge >= 0.3 is 0 Å². The third kappa shape index (κ3) is 4.42. The van der Waals surface area contributed by atoms with Gasteiger partial charge in [0.1, 0.15) is 18.2 Å². The molecule has 1 saturated heterocycles. The van der Waals surface area contributed by atoms with Gasteiger partial charge < -0.3 is 15.4 Å². The van der Waals surface area contributed by atoms with Gasteiger partial charge in [-0.05, 0) is 19.8 Å². The molecule has 1 aromatic rings. The van der Waals surface area contributed by atoms with E-state index in [0.29, 0.717) is 18.5 Å². The highest BCUT2D eigenvalue weighted by atomic mass is 32.2. The van der Waals surface area contributed by atoms with E-state index in [-0.39, 0.29) is 0 Å². The fourth-order valence-electron chi connectivity index (χ4n) is 2.18. The van der Waals surface area contributed by atoms with Gasteiger partial charge in [0.25, 0.3) is 0 Å². The predicted molar refractivity (Wildman–Crippen MR) is 81.4 cm³/mol. The summed E-state index contributed by atoms with van der Waals surface area (Å²) in [6, 6.07) is 2.25. The molecule has 20 heavy (non-hydrogen) atoms. The molecule has 1 fully saturated rings. The molecule has 2 N–H and O–H groups in total. The van der Waals surface area contributed by atoms with Crippen molar-refractivity contribution in [1.29, 1.82) is 0 Å². The molecule has 0 aliphatic carbocycles. The van der Waals surface area contributed by atoms with Gasteiger partial charge in [-0.15, -0.1) is 0 Å². The van der Waals surface area contributed by atoms with Crippen molar-refractivity contribution < 1.29 is 8.95 Å². The van der Waals surface area contributed by atoms with Crippen LogP contribution in [0, 0.1) is 0 Å². The van der Waals surface area contributed by atoms with Crippen LogP contribution < -0.4 is 10.6 Å². The number of nitrogens with zero attached hydrogens (tertiary/aromatic N) is 2. The Hall–Kier alpha value is -1.21. The zero-order valence-corrected chi connectivity index (χ0v) is 12.8. The fourth-order valence-corrected chi connectivity index (χ4v) is 3.48. The SMILES string of the molecule is CCNc1cc(NC2CCS(=O)CC2)nc(COC)n1. The highest BCUT2D eigenvalue weighted by Crippen LogP contribution is 2.17. The van der Waals surface area contributed by atoms with Crippen molar-refractivity contribution in [2.75, 3.05) is 35.8 Å². The molecule has 0 atom stereocenters. The third-order valence-electron chi connectivity index (χ3n) is 3.14. The molecule has 0 spiro atoms. The van der Waals surface area contributed by atoms with Crippen LogP contribution >= 0.6 is 0 Å². The van der Waals surface area contributed by atoms with E-state index in [4.69, 9.17) is 4.74 Å². The summed E-state index contributed by atoms with van der Waals surface area (Å²) in [5, 5.41) is 6.61. The lowest BCUT2D eigenvalue weighted by atomic mass is 10.1. The molecule has 6 nitrogen and oxygen atoms in total. The van der Waals surface area contributed by atoms with Crippen LogP contribution in [0.25, 0.3) is 0 Å². The molecule has 112 valence electrons. The topological polar surface area (TPSA) is 76.1 Å². The first-order valence-electron chi connectivity index (χ1n) is 6.93. The molecule has 0 radical (unpaired) electrons. The Kier molecular flexibility index (Phi) is 5.72. The van der Waals surface area contributed by atoms with Crippen molar-refractivity contribution >= 4 is 22.4 Å². The van der Waals surface area contributed by atoms with E-state index < -0.39 is 10.8 Å². The summed E-state index contributed by atoms with van der Waals surface area (Å²) in [6.07, 6.45) is 1.85. The summed E-state index contributed by atoms with van der Waals surface area (Å²) in [5.41, 5.74) is 0. The van der Waals surface area contributed by atoms with Crippen LogP contribution in [0.2, 0.25) is 0 Å². The van der Waals surface area contributed by atoms with Crippen molar-refractivity contribution in [3.8, 4) is 0 Å². The number of methoxy groups -OCH3 is 1. The van der Waals surface area contributed by atoms with Crippen molar-refractivity contribution in [1.82, 2.24) is 9.97 Å². The number of anilines is 2. The van der Waals surface area contributed by atoms with Gasteiger partial charge in [0.15, 0.2) is 5.82 Å². The quantitative estimate of drug-likeness (QED) is 0.826. The third-order valence-corrected chi connectivity index (χ3v) is 4.53. The van der Waals surface area contributed by atoms with Crippen LogP contribution in [0.5, 0.6) is 0 Å². The zero-order chi connectivity index (χ0) is 14.4. The lowest BCUT2D eigenvalue weighted by Gasteiger charge is -2.23. The highest BCUT2D eigenvalue weighted by molar-refractivity contribution is 7.85. The van der Waals surface area contributed by atoms with Crippen LogP contribution in [0.4, 0.5) is 11.6 Å². The average molecular weight is 298 g/mol. The normalized spacial score (nSPS) is 22.5. The van der Waals surface area contributed by atoms with E-state index in [1.165, 1.54) is 0 Å². The molecule has 2 heterocycles. The Morgan fingerprint density at radius 2 is 2.05 bits per heavy atom. The van der Waals surface area contributed by atoms with E-state index in [1.807, 2.05) is 13.0 Å². The Bertz CT molecular complexity index is 435. The smallest absolute Gasteiger partial charge is 0.158 e. The van der Waals surface area contributed by atoms with E-state index in [0.717, 1.165) is 42.5 Å². The van der Waals surface area contributed by atoms with Crippen molar-refractivity contribution in [2.24, 2.45) is 0 Å². The lowest BCUT2D eigenvalue weighted by Crippen LogP contribution is -2.29. The molecule has 2 rings (SSSR count). The zero-order valence-electron chi connectivity index (χ0n) is 12.0. The molecule has 1 aliphatic rings. The maximum absolute atomic E-state index is 11.4. The average Bonchev–Trinajstić information content (AvgIpc) is 2.42. The van der Waals surface area contributed by atoms with Gasteiger partial charge in [-0.25, -0.2) is 9.97 Å². The molecule has 0 aromatic carbocycles. The molecule has 0 saturated carbocycles. The van der Waals surface area contributed by atoms with Gasteiger partial charge in [-0.1, -0.05) is 0 Å². The first-order chi connectivity index (χ1) is 9.71. The number of rotatable bonds is 6. The largest absolute Gasteiger partial charge is 0.377 e. The predicted octanol–water partition coefficient (Wildman–Crippen LogP) is 1.38. The van der Waals surface area contributed by atoms with Gasteiger partial charge in [0.05, 0.1) is 0 Å². The van der Waals surface area contributed by atoms with E-state index in [1.54, 1.807) is 7.11 Å². The van der Waals surface area contributed by atoms with Gasteiger partial charge in [0.2, 0.25) is 0 Å². The van der Waals surface area contributed by atoms with Crippen LogP contribution in [-0.2, 0) is 22.1 Å². The molecule has 0 amide bonds. The number of hydrogen-bond donors (Lipinski definition) is 2. The Balaban J connectivity index is 2.06. The molecular formula is C13H22N4O2S. The number of aromatic nitrogens is 2. The lowest BCUT2D eigenvalue weighted by molar-refractivity contribution is 0.178. The minimum atomic E-state index is -0.639. The standard InChI is InChI=1S/C13H22N4O2S/c1-3-14-11-8-12(17-13(16-11)9-19-2)15-10-4-6-20(18)7-5-10/h8,10H,3-7,9H2,1-2H3,(H2,14,15,16,17). The fraction of sp³-hybridized carbons (Fsp3) is 0.692. The summed E-state index contributed by atoms with van der Waals surface area (Å²) >= 11 is 0. The second kappa shape index (κ2) is 7.54. The van der Waals surface area contributed by atoms with E-state index in [2.05, 4.69) is 20.6 Å². The Morgan fingerprint density at radius 1 is 1.35 bits per heavy atom. The summed E-state index contributed by atoms with van der Waals surface area (Å²) in [4.78, 5) is 8.84. The van der Waals surface area contributed by atoms with Crippen molar-refractivity contribution in [3.63, 3.8) is 0 Å². The second-order valence-corrected chi connectivity index (χ2v) is 6.48. The molecule has 1 aromatic heterocycles. The summed E-state index contributed by atoms with van der Waals surface area (Å²) < 4.78 is 16.5. The number of hydrogen-bond acceptors (Lipinski definition) is 6. The maximum atomic E-state index is 11.4. The minimum absolute atomic E-state index is 0.340. The van der Waals surface area contributed by atoms with Gasteiger partial charge in [-0.2, -0.15) is 0 Å². The van der Waals surface area contributed by atoms with Crippen LogP contribution in [0.15, 0.2) is 6.07 Å². The molecular weight excluding hydrogens is 276 g/mol. The maximum Gasteiger partial charge on any atom is 0.158 e. The molecule has 0 unspecified atom stereocenters. The molecule has 0 bridgehead atoms. The van der Waals surface area contributed by atoms with Gasteiger partial charge in [-0.3, -0.25) is 4.21 Å². The van der Waals surface area contributed by atoms with E-state index in [9.17, 15) is 4.21 Å². The first kappa shape index (κ1) is 15.2. The van der Waals surface area contributed by atoms with E-state index >= 15 is 0 Å². The summed E-state index contributed by atoms with van der Waals surface area (Å²) in [7, 11) is 0.993. The second-order valence-electron chi connectivity index (χ2n) is 4.78. The molecule has 1 aliphatic heterocycles.